The largest absolute Gasteiger partial charge is 0.494 e. The van der Waals surface area contributed by atoms with Crippen molar-refractivity contribution >= 4 is 10.0 Å². The number of nitrogens with one attached hydrogen (secondary N) is 1. The minimum Gasteiger partial charge on any atom is -0.494 e. The molecule has 1 rings (SSSR count). The van der Waals surface area contributed by atoms with Crippen LogP contribution in [0.2, 0.25) is 0 Å². The van der Waals surface area contributed by atoms with Crippen LogP contribution in [0.25, 0.3) is 0 Å². The molecule has 23 heavy (non-hydrogen) atoms. The first-order valence-electron chi connectivity index (χ1n) is 8.52. The van der Waals surface area contributed by atoms with Gasteiger partial charge in [-0.15, -0.1) is 0 Å². The lowest BCUT2D eigenvalue weighted by Crippen LogP contribution is -2.24. The summed E-state index contributed by atoms with van der Waals surface area (Å²) in [5.41, 5.74) is 5.42. The number of unbranched alkanes of at least 4 members (excludes halogenated alkanes) is 5. The van der Waals surface area contributed by atoms with E-state index in [1.807, 2.05) is 0 Å². The predicted molar refractivity (Wildman–Crippen MR) is 94.2 cm³/mol. The van der Waals surface area contributed by atoms with E-state index < -0.39 is 10.0 Å². The Balaban J connectivity index is 2.38. The number of nitrogens with two attached hydrogens (primary N) is 1. The van der Waals surface area contributed by atoms with E-state index in [0.717, 1.165) is 44.9 Å². The van der Waals surface area contributed by atoms with Crippen molar-refractivity contribution in [2.45, 2.75) is 56.8 Å². The molecule has 1 aromatic rings. The van der Waals surface area contributed by atoms with Crippen molar-refractivity contribution in [2.75, 3.05) is 19.7 Å². The van der Waals surface area contributed by atoms with E-state index in [1.54, 1.807) is 24.3 Å². The number of hydrogen-bond acceptors (Lipinski definition) is 4. The SMILES string of the molecule is CCCCCOc1ccc(S(=O)(=O)NCCCCCCN)cc1. The van der Waals surface area contributed by atoms with Gasteiger partial charge in [0.1, 0.15) is 5.75 Å². The van der Waals surface area contributed by atoms with Crippen LogP contribution < -0.4 is 15.2 Å². The molecule has 0 unspecified atom stereocenters. The van der Waals surface area contributed by atoms with E-state index in [2.05, 4.69) is 11.6 Å². The summed E-state index contributed by atoms with van der Waals surface area (Å²) in [6.45, 7) is 3.96. The standard InChI is InChI=1S/C17H30N2O3S/c1-2-3-8-15-22-16-9-11-17(12-10-16)23(20,21)19-14-7-5-4-6-13-18/h9-12,19H,2-8,13-15,18H2,1H3. The second-order valence-electron chi connectivity index (χ2n) is 5.63. The van der Waals surface area contributed by atoms with Gasteiger partial charge in [0.2, 0.25) is 10.0 Å². The fraction of sp³-hybridized carbons (Fsp3) is 0.647. The maximum atomic E-state index is 12.2. The van der Waals surface area contributed by atoms with Gasteiger partial charge < -0.3 is 10.5 Å². The van der Waals surface area contributed by atoms with Crippen molar-refractivity contribution in [3.8, 4) is 5.75 Å². The van der Waals surface area contributed by atoms with Gasteiger partial charge in [0.05, 0.1) is 11.5 Å². The molecular formula is C17H30N2O3S. The summed E-state index contributed by atoms with van der Waals surface area (Å²) in [6, 6.07) is 6.60. The molecule has 0 aromatic heterocycles. The molecule has 0 radical (unpaired) electrons. The Labute approximate surface area is 140 Å². The molecule has 132 valence electrons. The molecule has 0 bridgehead atoms. The molecule has 5 nitrogen and oxygen atoms in total. The topological polar surface area (TPSA) is 81.4 Å². The maximum absolute atomic E-state index is 12.2. The van der Waals surface area contributed by atoms with Gasteiger partial charge in [-0.2, -0.15) is 0 Å². The Hall–Kier alpha value is -1.11. The van der Waals surface area contributed by atoms with Crippen LogP contribution in [0.15, 0.2) is 29.2 Å². The van der Waals surface area contributed by atoms with Crippen LogP contribution in [0.4, 0.5) is 0 Å². The van der Waals surface area contributed by atoms with E-state index in [0.29, 0.717) is 25.4 Å². The molecule has 1 aromatic carbocycles. The van der Waals surface area contributed by atoms with Crippen molar-refractivity contribution in [1.82, 2.24) is 4.72 Å². The summed E-state index contributed by atoms with van der Waals surface area (Å²) >= 11 is 0. The van der Waals surface area contributed by atoms with Crippen LogP contribution in [0.1, 0.15) is 51.9 Å². The molecule has 0 saturated carbocycles. The molecule has 0 saturated heterocycles. The number of hydrogen-bond donors (Lipinski definition) is 2. The van der Waals surface area contributed by atoms with Crippen LogP contribution in [-0.2, 0) is 10.0 Å². The van der Waals surface area contributed by atoms with Crippen LogP contribution in [0.3, 0.4) is 0 Å². The van der Waals surface area contributed by atoms with E-state index in [9.17, 15) is 8.42 Å². The van der Waals surface area contributed by atoms with Crippen LogP contribution in [0.5, 0.6) is 5.75 Å². The second-order valence-corrected chi connectivity index (χ2v) is 7.39. The average molecular weight is 343 g/mol. The Bertz CT molecular complexity index is 515. The highest BCUT2D eigenvalue weighted by Gasteiger charge is 2.12. The molecule has 0 aliphatic carbocycles. The predicted octanol–water partition coefficient (Wildman–Crippen LogP) is 3.05. The number of ether oxygens (including phenoxy) is 1. The monoisotopic (exact) mass is 342 g/mol. The lowest BCUT2D eigenvalue weighted by molar-refractivity contribution is 0.306. The zero-order valence-electron chi connectivity index (χ0n) is 14.1. The van der Waals surface area contributed by atoms with Crippen molar-refractivity contribution in [3.05, 3.63) is 24.3 Å². The lowest BCUT2D eigenvalue weighted by Gasteiger charge is -2.09. The van der Waals surface area contributed by atoms with Gasteiger partial charge in [-0.3, -0.25) is 0 Å². The lowest BCUT2D eigenvalue weighted by atomic mass is 10.2. The summed E-state index contributed by atoms with van der Waals surface area (Å²) in [4.78, 5) is 0.278. The summed E-state index contributed by atoms with van der Waals surface area (Å²) in [5, 5.41) is 0. The van der Waals surface area contributed by atoms with Crippen molar-refractivity contribution in [2.24, 2.45) is 5.73 Å². The molecule has 6 heteroatoms. The first-order valence-corrected chi connectivity index (χ1v) is 10.0. The summed E-state index contributed by atoms with van der Waals surface area (Å²) in [7, 11) is -3.43. The van der Waals surface area contributed by atoms with Gasteiger partial charge in [0.15, 0.2) is 0 Å². The number of benzene rings is 1. The van der Waals surface area contributed by atoms with Crippen LogP contribution >= 0.6 is 0 Å². The first-order chi connectivity index (χ1) is 11.1. The fourth-order valence-corrected chi connectivity index (χ4v) is 3.24. The van der Waals surface area contributed by atoms with Crippen LogP contribution in [-0.4, -0.2) is 28.1 Å². The Morgan fingerprint density at radius 2 is 1.70 bits per heavy atom. The Kier molecular flexibility index (Phi) is 9.91. The molecule has 0 heterocycles. The quantitative estimate of drug-likeness (QED) is 0.540. The Morgan fingerprint density at radius 1 is 1.00 bits per heavy atom. The zero-order valence-corrected chi connectivity index (χ0v) is 14.9. The average Bonchev–Trinajstić information content (AvgIpc) is 2.55. The molecular weight excluding hydrogens is 312 g/mol. The third-order valence-corrected chi connectivity index (χ3v) is 5.05. The highest BCUT2D eigenvalue weighted by Crippen LogP contribution is 2.16. The first kappa shape index (κ1) is 19.9. The maximum Gasteiger partial charge on any atom is 0.240 e. The van der Waals surface area contributed by atoms with E-state index in [1.165, 1.54) is 0 Å². The van der Waals surface area contributed by atoms with Gasteiger partial charge in [0.25, 0.3) is 0 Å². The highest BCUT2D eigenvalue weighted by atomic mass is 32.2. The smallest absolute Gasteiger partial charge is 0.240 e. The molecule has 0 spiro atoms. The fourth-order valence-electron chi connectivity index (χ4n) is 2.17. The van der Waals surface area contributed by atoms with E-state index >= 15 is 0 Å². The number of sulfonamides is 1. The summed E-state index contributed by atoms with van der Waals surface area (Å²) in [6.07, 6.45) is 7.17. The van der Waals surface area contributed by atoms with Gasteiger partial charge in [-0.1, -0.05) is 32.6 Å². The molecule has 0 amide bonds. The third kappa shape index (κ3) is 8.34. The second kappa shape index (κ2) is 11.4. The van der Waals surface area contributed by atoms with E-state index in [4.69, 9.17) is 10.5 Å². The van der Waals surface area contributed by atoms with Gasteiger partial charge >= 0.3 is 0 Å². The van der Waals surface area contributed by atoms with Gasteiger partial charge in [0, 0.05) is 6.54 Å². The molecule has 0 atom stereocenters. The highest BCUT2D eigenvalue weighted by molar-refractivity contribution is 7.89. The van der Waals surface area contributed by atoms with Crippen molar-refractivity contribution in [3.63, 3.8) is 0 Å². The van der Waals surface area contributed by atoms with Crippen LogP contribution in [0, 0.1) is 0 Å². The van der Waals surface area contributed by atoms with Gasteiger partial charge in [-0.05, 0) is 50.1 Å². The normalized spacial score (nSPS) is 11.6. The van der Waals surface area contributed by atoms with Gasteiger partial charge in [-0.25, -0.2) is 13.1 Å². The zero-order chi connectivity index (χ0) is 17.0. The third-order valence-electron chi connectivity index (χ3n) is 3.57. The molecule has 0 aliphatic rings. The minimum atomic E-state index is -3.43. The summed E-state index contributed by atoms with van der Waals surface area (Å²) in [5.74, 6) is 0.710. The molecule has 3 N–H and O–H groups in total. The minimum absolute atomic E-state index is 0.278. The number of rotatable bonds is 13. The van der Waals surface area contributed by atoms with Crippen molar-refractivity contribution in [1.29, 1.82) is 0 Å². The molecule has 0 fully saturated rings. The summed E-state index contributed by atoms with van der Waals surface area (Å²) < 4.78 is 32.5. The van der Waals surface area contributed by atoms with Crippen molar-refractivity contribution < 1.29 is 13.2 Å². The Morgan fingerprint density at radius 3 is 2.35 bits per heavy atom. The van der Waals surface area contributed by atoms with E-state index in [-0.39, 0.29) is 4.90 Å². The molecule has 0 aliphatic heterocycles.